The van der Waals surface area contributed by atoms with Crippen molar-refractivity contribution in [1.82, 2.24) is 9.88 Å². The maximum absolute atomic E-state index is 14.2. The third-order valence-corrected chi connectivity index (χ3v) is 5.15. The molecule has 1 unspecified atom stereocenters. The molecule has 132 valence electrons. The maximum atomic E-state index is 14.2. The van der Waals surface area contributed by atoms with Crippen LogP contribution in [0.1, 0.15) is 12.0 Å². The fourth-order valence-electron chi connectivity index (χ4n) is 2.93. The Hall–Kier alpha value is -1.48. The van der Waals surface area contributed by atoms with Gasteiger partial charge in [0.2, 0.25) is 0 Å². The van der Waals surface area contributed by atoms with Gasteiger partial charge >= 0.3 is 6.18 Å². The van der Waals surface area contributed by atoms with Gasteiger partial charge in [0.1, 0.15) is 0 Å². The minimum atomic E-state index is -4.32. The Morgan fingerprint density at radius 1 is 1.38 bits per heavy atom. The van der Waals surface area contributed by atoms with Gasteiger partial charge in [-0.1, -0.05) is 0 Å². The fourth-order valence-corrected chi connectivity index (χ4v) is 3.95. The SMILES string of the molecule is CN1CCC(Nc2cncc3c(CC(F)(F)F)csc23)C(F)(F)C1. The van der Waals surface area contributed by atoms with E-state index in [1.807, 2.05) is 0 Å². The largest absolute Gasteiger partial charge is 0.393 e. The predicted molar refractivity (Wildman–Crippen MR) is 83.9 cm³/mol. The van der Waals surface area contributed by atoms with E-state index in [-0.39, 0.29) is 18.5 Å². The van der Waals surface area contributed by atoms with E-state index in [4.69, 9.17) is 0 Å². The van der Waals surface area contributed by atoms with Crippen molar-refractivity contribution in [1.29, 1.82) is 0 Å². The van der Waals surface area contributed by atoms with E-state index < -0.39 is 24.6 Å². The molecular formula is C15H16F5N3S. The lowest BCUT2D eigenvalue weighted by molar-refractivity contribution is -0.126. The molecule has 2 aromatic rings. The number of pyridine rings is 1. The van der Waals surface area contributed by atoms with Crippen LogP contribution in [0.4, 0.5) is 27.6 Å². The van der Waals surface area contributed by atoms with Crippen LogP contribution in [0.15, 0.2) is 17.8 Å². The second-order valence-electron chi connectivity index (χ2n) is 6.10. The summed E-state index contributed by atoms with van der Waals surface area (Å²) in [6.07, 6.45) is -2.38. The van der Waals surface area contributed by atoms with Gasteiger partial charge in [-0.3, -0.25) is 4.98 Å². The normalized spacial score (nSPS) is 22.0. The monoisotopic (exact) mass is 365 g/mol. The summed E-state index contributed by atoms with van der Waals surface area (Å²) < 4.78 is 66.7. The minimum absolute atomic E-state index is 0.119. The first-order chi connectivity index (χ1) is 11.2. The van der Waals surface area contributed by atoms with Crippen molar-refractivity contribution in [3.8, 4) is 0 Å². The second-order valence-corrected chi connectivity index (χ2v) is 6.98. The first-order valence-electron chi connectivity index (χ1n) is 7.39. The average molecular weight is 365 g/mol. The van der Waals surface area contributed by atoms with E-state index >= 15 is 0 Å². The zero-order chi connectivity index (χ0) is 17.5. The van der Waals surface area contributed by atoms with Crippen LogP contribution in [0.5, 0.6) is 0 Å². The van der Waals surface area contributed by atoms with E-state index in [0.29, 0.717) is 22.3 Å². The number of nitrogens with one attached hydrogen (secondary N) is 1. The Labute approximate surface area is 139 Å². The molecule has 0 bridgehead atoms. The van der Waals surface area contributed by atoms with Crippen LogP contribution in [-0.2, 0) is 6.42 Å². The number of hydrogen-bond donors (Lipinski definition) is 1. The molecule has 0 radical (unpaired) electrons. The van der Waals surface area contributed by atoms with E-state index in [2.05, 4.69) is 10.3 Å². The van der Waals surface area contributed by atoms with Crippen molar-refractivity contribution in [2.45, 2.75) is 31.0 Å². The lowest BCUT2D eigenvalue weighted by Crippen LogP contribution is -2.53. The third kappa shape index (κ3) is 3.61. The smallest absolute Gasteiger partial charge is 0.374 e. The number of halogens is 5. The fraction of sp³-hybridized carbons (Fsp3) is 0.533. The second kappa shape index (κ2) is 6.11. The summed E-state index contributed by atoms with van der Waals surface area (Å²) in [6.45, 7) is 0.179. The topological polar surface area (TPSA) is 28.2 Å². The molecule has 1 atom stereocenters. The van der Waals surface area contributed by atoms with Gasteiger partial charge in [-0.15, -0.1) is 11.3 Å². The third-order valence-electron chi connectivity index (χ3n) is 4.07. The Kier molecular flexibility index (Phi) is 4.41. The van der Waals surface area contributed by atoms with E-state index in [0.717, 1.165) is 11.3 Å². The molecular weight excluding hydrogens is 349 g/mol. The van der Waals surface area contributed by atoms with Gasteiger partial charge in [0.25, 0.3) is 5.92 Å². The Bertz CT molecular complexity index is 727. The Balaban J connectivity index is 1.88. The number of rotatable bonds is 3. The summed E-state index contributed by atoms with van der Waals surface area (Å²) in [5, 5.41) is 4.58. The molecule has 3 rings (SSSR count). The summed E-state index contributed by atoms with van der Waals surface area (Å²) in [6, 6.07) is -1.06. The molecule has 1 aliphatic rings. The highest BCUT2D eigenvalue weighted by molar-refractivity contribution is 7.18. The highest BCUT2D eigenvalue weighted by Crippen LogP contribution is 2.37. The van der Waals surface area contributed by atoms with Crippen molar-refractivity contribution in [3.63, 3.8) is 0 Å². The number of alkyl halides is 5. The molecule has 1 saturated heterocycles. The summed E-state index contributed by atoms with van der Waals surface area (Å²) in [7, 11) is 1.63. The lowest BCUT2D eigenvalue weighted by atomic mass is 10.0. The molecule has 1 N–H and O–H groups in total. The van der Waals surface area contributed by atoms with Crippen LogP contribution in [0.2, 0.25) is 0 Å². The highest BCUT2D eigenvalue weighted by atomic mass is 32.1. The summed E-state index contributed by atoms with van der Waals surface area (Å²) in [5.41, 5.74) is 0.481. The molecule has 1 aliphatic heterocycles. The predicted octanol–water partition coefficient (Wildman–Crippen LogP) is 4.15. The van der Waals surface area contributed by atoms with Crippen LogP contribution in [0, 0.1) is 0 Å². The van der Waals surface area contributed by atoms with E-state index in [9.17, 15) is 22.0 Å². The molecule has 2 aromatic heterocycles. The van der Waals surface area contributed by atoms with Crippen molar-refractivity contribution >= 4 is 27.1 Å². The molecule has 9 heteroatoms. The number of anilines is 1. The zero-order valence-electron chi connectivity index (χ0n) is 12.8. The minimum Gasteiger partial charge on any atom is -0.374 e. The van der Waals surface area contributed by atoms with Crippen molar-refractivity contribution in [2.75, 3.05) is 25.5 Å². The van der Waals surface area contributed by atoms with Crippen molar-refractivity contribution < 1.29 is 22.0 Å². The van der Waals surface area contributed by atoms with Gasteiger partial charge in [-0.25, -0.2) is 8.78 Å². The maximum Gasteiger partial charge on any atom is 0.393 e. The van der Waals surface area contributed by atoms with Gasteiger partial charge < -0.3 is 10.2 Å². The van der Waals surface area contributed by atoms with Crippen molar-refractivity contribution in [3.05, 3.63) is 23.3 Å². The van der Waals surface area contributed by atoms with Gasteiger partial charge in [0.05, 0.1) is 35.6 Å². The molecule has 0 saturated carbocycles. The lowest BCUT2D eigenvalue weighted by Gasteiger charge is -2.37. The number of aromatic nitrogens is 1. The van der Waals surface area contributed by atoms with Crippen LogP contribution >= 0.6 is 11.3 Å². The van der Waals surface area contributed by atoms with Crippen LogP contribution in [0.25, 0.3) is 10.1 Å². The number of likely N-dealkylation sites (tertiary alicyclic amines) is 1. The van der Waals surface area contributed by atoms with Gasteiger partial charge in [0, 0.05) is 18.1 Å². The molecule has 3 nitrogen and oxygen atoms in total. The van der Waals surface area contributed by atoms with Gasteiger partial charge in [0.15, 0.2) is 0 Å². The molecule has 0 amide bonds. The van der Waals surface area contributed by atoms with Gasteiger partial charge in [-0.2, -0.15) is 13.2 Å². The van der Waals surface area contributed by atoms with Crippen LogP contribution < -0.4 is 5.32 Å². The quantitative estimate of drug-likeness (QED) is 0.829. The summed E-state index contributed by atoms with van der Waals surface area (Å²) >= 11 is 1.11. The number of nitrogens with zero attached hydrogens (tertiary/aromatic N) is 2. The molecule has 0 aromatic carbocycles. The first kappa shape index (κ1) is 17.3. The number of hydrogen-bond acceptors (Lipinski definition) is 4. The molecule has 24 heavy (non-hydrogen) atoms. The first-order valence-corrected chi connectivity index (χ1v) is 8.27. The standard InChI is InChI=1S/C15H16F5N3S/c1-23-3-2-12(14(16,17)8-23)22-11-6-21-5-10-9(4-15(18,19)20)7-24-13(10)11/h5-7,12,22H,2-4,8H2,1H3. The van der Waals surface area contributed by atoms with Gasteiger partial charge in [-0.05, 0) is 24.4 Å². The van der Waals surface area contributed by atoms with Crippen LogP contribution in [-0.4, -0.2) is 48.2 Å². The molecule has 3 heterocycles. The Morgan fingerprint density at radius 3 is 2.79 bits per heavy atom. The number of thiophene rings is 1. The average Bonchev–Trinajstić information content (AvgIpc) is 2.83. The van der Waals surface area contributed by atoms with E-state index in [1.165, 1.54) is 17.8 Å². The summed E-state index contributed by atoms with van der Waals surface area (Å²) in [5.74, 6) is -2.92. The highest BCUT2D eigenvalue weighted by Gasteiger charge is 2.43. The molecule has 1 fully saturated rings. The summed E-state index contributed by atoms with van der Waals surface area (Å²) in [4.78, 5) is 5.48. The molecule has 0 aliphatic carbocycles. The van der Waals surface area contributed by atoms with Crippen LogP contribution in [0.3, 0.4) is 0 Å². The molecule has 0 spiro atoms. The zero-order valence-corrected chi connectivity index (χ0v) is 13.6. The van der Waals surface area contributed by atoms with Crippen molar-refractivity contribution in [2.24, 2.45) is 0 Å². The number of fused-ring (bicyclic) bond motifs is 1. The van der Waals surface area contributed by atoms with E-state index in [1.54, 1.807) is 11.9 Å². The Morgan fingerprint density at radius 2 is 2.12 bits per heavy atom. The number of piperidine rings is 1.